The topological polar surface area (TPSA) is 247 Å². The van der Waals surface area contributed by atoms with Crippen molar-refractivity contribution < 1.29 is 64.5 Å². The number of hydrogen-bond acceptors (Lipinski definition) is 8. The molecule has 1 saturated heterocycles. The maximum Gasteiger partial charge on any atom is 0.303 e. The van der Waals surface area contributed by atoms with E-state index < -0.39 is 35.8 Å². The van der Waals surface area contributed by atoms with E-state index in [2.05, 4.69) is 65.6 Å². The largest absolute Gasteiger partial charge is 0.508 e. The van der Waals surface area contributed by atoms with Crippen molar-refractivity contribution in [2.24, 2.45) is 5.92 Å². The number of hydrogen-bond donors (Lipinski definition) is 7. The van der Waals surface area contributed by atoms with Crippen molar-refractivity contribution in [3.63, 3.8) is 0 Å². The lowest BCUT2D eigenvalue weighted by Crippen LogP contribution is -2.59. The van der Waals surface area contributed by atoms with E-state index in [1.807, 2.05) is 6.07 Å². The maximum atomic E-state index is 10.1. The molecular formula is C77H143NO13. The first-order chi connectivity index (χ1) is 43.8. The van der Waals surface area contributed by atoms with Gasteiger partial charge in [0.25, 0.3) is 0 Å². The molecule has 0 spiro atoms. The molecule has 1 aromatic carbocycles. The third-order valence-electron chi connectivity index (χ3n) is 18.1. The number of rotatable bonds is 48. The fraction of sp³-hybridized carbons (Fsp3) is 0.844. The number of aliphatic carboxylic acids is 6. The molecule has 91 heavy (non-hydrogen) atoms. The number of benzene rings is 1. The van der Waals surface area contributed by atoms with E-state index in [1.165, 1.54) is 249 Å². The number of carboxylic acid groups (broad SMARTS) is 6. The number of carbonyl (C=O) groups is 6. The number of piperidine rings is 1. The van der Waals surface area contributed by atoms with Crippen LogP contribution in [-0.4, -0.2) is 96.1 Å². The van der Waals surface area contributed by atoms with Crippen LogP contribution < -0.4 is 0 Å². The Morgan fingerprint density at radius 3 is 0.879 bits per heavy atom. The van der Waals surface area contributed by atoms with Crippen LogP contribution in [0.15, 0.2) is 18.2 Å². The third kappa shape index (κ3) is 59.3. The van der Waals surface area contributed by atoms with Crippen LogP contribution in [0.2, 0.25) is 0 Å². The first-order valence-electron chi connectivity index (χ1n) is 37.7. The predicted molar refractivity (Wildman–Crippen MR) is 378 cm³/mol. The van der Waals surface area contributed by atoms with Gasteiger partial charge in [-0.05, 0) is 107 Å². The molecule has 0 unspecified atom stereocenters. The average molecular weight is 1290 g/mol. The number of unbranched alkanes of at least 4 members (excludes halogenated alkanes) is 36. The second-order valence-electron chi connectivity index (χ2n) is 26.4. The van der Waals surface area contributed by atoms with Crippen molar-refractivity contribution in [2.75, 3.05) is 13.6 Å². The number of likely N-dealkylation sites (N-methyl/N-ethyl adjacent to an activating group) is 1. The molecule has 1 saturated carbocycles. The Kier molecular flexibility index (Phi) is 67.2. The standard InChI is InChI=1S/C17H23NO.6C10H20O2/c1-18-9-8-17-7-3-2-4-14(17)16(18)10-12-5-6-13(19)11-15(12)17;6*1-2-3-4-5-6-7-8-9-10(11)12/h5-6,11,14,16,19H,2-4,7-10H2,1H3;6*2-9H2,1H3,(H,11,12)/t14-,16+,17+;;;;;;/m0....../s1. The normalized spacial score (nSPS) is 15.8. The SMILES string of the molecule is CCCCCCCCCC(=O)O.CCCCCCCCCC(=O)O.CCCCCCCCCC(=O)O.CCCCCCCCCC(=O)O.CCCCCCCCCC(=O)O.CCCCCCCCCC(=O)O.CN1CC[C@]23CCCC[C@H]2[C@H]1Cc1ccc(O)cc13. The molecule has 534 valence electrons. The Bertz CT molecular complexity index is 1640. The molecule has 1 aromatic rings. The van der Waals surface area contributed by atoms with Crippen molar-refractivity contribution in [2.45, 2.75) is 400 Å². The van der Waals surface area contributed by atoms with Crippen LogP contribution in [0.4, 0.5) is 0 Å². The van der Waals surface area contributed by atoms with Crippen molar-refractivity contribution in [3.8, 4) is 5.75 Å². The number of carboxylic acids is 6. The molecular weight excluding hydrogens is 1150 g/mol. The number of phenolic OH excluding ortho intramolecular Hbond substituents is 1. The van der Waals surface area contributed by atoms with E-state index in [4.69, 9.17) is 30.6 Å². The maximum absolute atomic E-state index is 10.1. The van der Waals surface area contributed by atoms with Gasteiger partial charge in [-0.3, -0.25) is 28.8 Å². The van der Waals surface area contributed by atoms with E-state index in [0.29, 0.717) is 49.7 Å². The van der Waals surface area contributed by atoms with Gasteiger partial charge in [-0.25, -0.2) is 0 Å². The average Bonchev–Trinajstić information content (AvgIpc) is 0.726. The molecule has 3 atom stereocenters. The summed E-state index contributed by atoms with van der Waals surface area (Å²) in [5, 5.41) is 60.0. The van der Waals surface area contributed by atoms with Crippen molar-refractivity contribution >= 4 is 35.8 Å². The van der Waals surface area contributed by atoms with Gasteiger partial charge in [0.05, 0.1) is 0 Å². The van der Waals surface area contributed by atoms with E-state index in [-0.39, 0.29) is 0 Å². The number of nitrogens with zero attached hydrogens (tertiary/aromatic N) is 1. The smallest absolute Gasteiger partial charge is 0.303 e. The van der Waals surface area contributed by atoms with E-state index in [9.17, 15) is 33.9 Å². The van der Waals surface area contributed by atoms with Crippen molar-refractivity contribution in [3.05, 3.63) is 29.3 Å². The van der Waals surface area contributed by atoms with Crippen LogP contribution in [-0.2, 0) is 40.6 Å². The summed E-state index contributed by atoms with van der Waals surface area (Å²) in [5.74, 6) is -2.71. The molecule has 0 aromatic heterocycles. The van der Waals surface area contributed by atoms with Crippen LogP contribution in [0.3, 0.4) is 0 Å². The second kappa shape index (κ2) is 67.2. The Balaban J connectivity index is -0.00000100. The highest BCUT2D eigenvalue weighted by molar-refractivity contribution is 5.68. The first-order valence-corrected chi connectivity index (χ1v) is 37.7. The zero-order chi connectivity index (χ0) is 68.4. The Morgan fingerprint density at radius 2 is 0.626 bits per heavy atom. The minimum atomic E-state index is -0.663. The Labute approximate surface area is 557 Å². The molecule has 0 amide bonds. The molecule has 14 nitrogen and oxygen atoms in total. The molecule has 4 rings (SSSR count). The van der Waals surface area contributed by atoms with E-state index in [0.717, 1.165) is 89.0 Å². The zero-order valence-corrected chi connectivity index (χ0v) is 59.8. The Hall–Kier alpha value is -4.20. The summed E-state index contributed by atoms with van der Waals surface area (Å²) in [6.07, 6.45) is 59.8. The van der Waals surface area contributed by atoms with Gasteiger partial charge in [-0.1, -0.05) is 292 Å². The van der Waals surface area contributed by atoms with Gasteiger partial charge in [0.15, 0.2) is 0 Å². The van der Waals surface area contributed by atoms with Gasteiger partial charge >= 0.3 is 35.8 Å². The number of fused-ring (bicyclic) bond motifs is 1. The molecule has 2 bridgehead atoms. The highest BCUT2D eigenvalue weighted by Crippen LogP contribution is 2.56. The molecule has 2 aliphatic carbocycles. The zero-order valence-electron chi connectivity index (χ0n) is 59.8. The lowest BCUT2D eigenvalue weighted by Gasteiger charge is -2.58. The quantitative estimate of drug-likeness (QED) is 0.0300. The summed E-state index contributed by atoms with van der Waals surface area (Å²) in [6.45, 7) is 14.4. The summed E-state index contributed by atoms with van der Waals surface area (Å²) in [5.41, 5.74) is 3.36. The summed E-state index contributed by atoms with van der Waals surface area (Å²) in [4.78, 5) is 63.4. The van der Waals surface area contributed by atoms with Gasteiger partial charge in [0.2, 0.25) is 0 Å². The lowest BCUT2D eigenvalue weighted by molar-refractivity contribution is -0.138. The number of likely N-dealkylation sites (tertiary alicyclic amines) is 1. The fourth-order valence-corrected chi connectivity index (χ4v) is 12.6. The van der Waals surface area contributed by atoms with Crippen LogP contribution >= 0.6 is 0 Å². The molecule has 0 radical (unpaired) electrons. The predicted octanol–water partition coefficient (Wildman–Crippen LogP) is 22.4. The lowest BCUT2D eigenvalue weighted by atomic mass is 9.52. The van der Waals surface area contributed by atoms with Gasteiger partial charge in [-0.15, -0.1) is 0 Å². The second-order valence-corrected chi connectivity index (χ2v) is 26.4. The molecule has 3 aliphatic rings. The molecule has 1 aliphatic heterocycles. The summed E-state index contributed by atoms with van der Waals surface area (Å²) >= 11 is 0. The van der Waals surface area contributed by atoms with Gasteiger partial charge in [0, 0.05) is 50.0 Å². The minimum Gasteiger partial charge on any atom is -0.508 e. The fourth-order valence-electron chi connectivity index (χ4n) is 12.6. The Morgan fingerprint density at radius 1 is 0.374 bits per heavy atom. The minimum absolute atomic E-state index is 0.341. The van der Waals surface area contributed by atoms with Gasteiger partial charge < -0.3 is 40.6 Å². The highest BCUT2D eigenvalue weighted by atomic mass is 16.4. The van der Waals surface area contributed by atoms with Crippen molar-refractivity contribution in [1.29, 1.82) is 0 Å². The summed E-state index contributed by atoms with van der Waals surface area (Å²) in [6, 6.07) is 6.85. The highest BCUT2D eigenvalue weighted by Gasteiger charge is 2.53. The third-order valence-corrected chi connectivity index (χ3v) is 18.1. The molecule has 1 heterocycles. The monoisotopic (exact) mass is 1290 g/mol. The number of aromatic hydroxyl groups is 1. The van der Waals surface area contributed by atoms with Gasteiger partial charge in [-0.2, -0.15) is 0 Å². The van der Waals surface area contributed by atoms with Crippen LogP contribution in [0.25, 0.3) is 0 Å². The summed E-state index contributed by atoms with van der Waals surface area (Å²) < 4.78 is 0. The molecule has 2 fully saturated rings. The molecule has 14 heteroatoms. The van der Waals surface area contributed by atoms with Gasteiger partial charge in [0.1, 0.15) is 5.75 Å². The van der Waals surface area contributed by atoms with E-state index >= 15 is 0 Å². The van der Waals surface area contributed by atoms with Crippen LogP contribution in [0.1, 0.15) is 393 Å². The number of phenols is 1. The van der Waals surface area contributed by atoms with E-state index in [1.54, 1.807) is 0 Å². The summed E-state index contributed by atoms with van der Waals surface area (Å²) in [7, 11) is 2.30. The van der Waals surface area contributed by atoms with Crippen molar-refractivity contribution in [1.82, 2.24) is 4.90 Å². The molecule has 7 N–H and O–H groups in total. The van der Waals surface area contributed by atoms with Crippen LogP contribution in [0.5, 0.6) is 5.75 Å². The first kappa shape index (κ1) is 91.0. The van der Waals surface area contributed by atoms with Crippen LogP contribution in [0, 0.1) is 5.92 Å².